The predicted molar refractivity (Wildman–Crippen MR) is 72.3 cm³/mol. The largest absolute Gasteiger partial charge is 0.0852 e. The quantitative estimate of drug-likeness (QED) is 0.430. The van der Waals surface area contributed by atoms with Gasteiger partial charge in [-0.05, 0) is 49.4 Å². The molecule has 0 aromatic rings. The molecule has 0 heterocycles. The molecule has 0 nitrogen and oxygen atoms in total. The normalized spacial score (nSPS) is 66.0. The Bertz CT molecular complexity index is 203. The highest BCUT2D eigenvalue weighted by Gasteiger charge is 2.64. The third-order valence-electron chi connectivity index (χ3n) is 4.46. The van der Waals surface area contributed by atoms with Crippen LogP contribution in [0.25, 0.3) is 0 Å². The van der Waals surface area contributed by atoms with Crippen molar-refractivity contribution in [1.82, 2.24) is 0 Å². The maximum absolute atomic E-state index is 4.06. The number of alkyl halides is 2. The molecule has 2 heteroatoms. The van der Waals surface area contributed by atoms with Crippen LogP contribution in [0.4, 0.5) is 0 Å². The van der Waals surface area contributed by atoms with E-state index in [2.05, 4.69) is 52.4 Å². The molecule has 80 valence electrons. The maximum Gasteiger partial charge on any atom is 0.0281 e. The van der Waals surface area contributed by atoms with E-state index < -0.39 is 0 Å². The molecular formula is C12H18BrI. The van der Waals surface area contributed by atoms with Crippen molar-refractivity contribution in [3.05, 3.63) is 0 Å². The lowest BCUT2D eigenvalue weighted by molar-refractivity contribution is -0.0555. The van der Waals surface area contributed by atoms with Gasteiger partial charge in [0, 0.05) is 7.75 Å². The van der Waals surface area contributed by atoms with Gasteiger partial charge in [0.2, 0.25) is 0 Å². The zero-order valence-corrected chi connectivity index (χ0v) is 12.7. The van der Waals surface area contributed by atoms with Crippen molar-refractivity contribution < 1.29 is 0 Å². The minimum atomic E-state index is 0.492. The van der Waals surface area contributed by atoms with E-state index in [0.29, 0.717) is 18.6 Å². The topological polar surface area (TPSA) is 0 Å². The van der Waals surface area contributed by atoms with Crippen molar-refractivity contribution in [2.75, 3.05) is 0 Å². The summed E-state index contributed by atoms with van der Waals surface area (Å²) >= 11 is 6.82. The molecule has 0 amide bonds. The van der Waals surface area contributed by atoms with Gasteiger partial charge in [0.15, 0.2) is 0 Å². The van der Waals surface area contributed by atoms with Gasteiger partial charge >= 0.3 is 0 Å². The van der Waals surface area contributed by atoms with E-state index >= 15 is 0 Å². The van der Waals surface area contributed by atoms with Crippen LogP contribution in [-0.4, -0.2) is 7.75 Å². The van der Waals surface area contributed by atoms with Crippen molar-refractivity contribution in [1.29, 1.82) is 0 Å². The van der Waals surface area contributed by atoms with Gasteiger partial charge in [0.25, 0.3) is 0 Å². The average molecular weight is 369 g/mol. The Balaban J connectivity index is 2.08. The lowest BCUT2D eigenvalue weighted by Crippen LogP contribution is -2.61. The summed E-state index contributed by atoms with van der Waals surface area (Å²) in [5, 5.41) is 0. The Morgan fingerprint density at radius 2 is 1.36 bits per heavy atom. The van der Waals surface area contributed by atoms with Crippen LogP contribution in [0.5, 0.6) is 0 Å². The Morgan fingerprint density at radius 1 is 0.857 bits per heavy atom. The van der Waals surface area contributed by atoms with Gasteiger partial charge in [-0.3, -0.25) is 0 Å². The van der Waals surface area contributed by atoms with E-state index in [-0.39, 0.29) is 0 Å². The Hall–Kier alpha value is 1.21. The SMILES string of the molecule is C[C@]12CC3(Br)CC(I)(C1)C[C@@](C)(C3)C2. The molecule has 0 aliphatic heterocycles. The fourth-order valence-electron chi connectivity index (χ4n) is 5.41. The zero-order chi connectivity index (χ0) is 10.2. The minimum absolute atomic E-state index is 0.492. The number of rotatable bonds is 0. The molecule has 4 atom stereocenters. The average Bonchev–Trinajstić information content (AvgIpc) is 1.67. The highest BCUT2D eigenvalue weighted by Crippen LogP contribution is 2.72. The summed E-state index contributed by atoms with van der Waals surface area (Å²) in [5.74, 6) is 0. The summed E-state index contributed by atoms with van der Waals surface area (Å²) in [6.45, 7) is 5.04. The van der Waals surface area contributed by atoms with Crippen LogP contribution in [0.2, 0.25) is 0 Å². The smallest absolute Gasteiger partial charge is 0.0281 e. The van der Waals surface area contributed by atoms with Crippen molar-refractivity contribution >= 4 is 38.5 Å². The summed E-state index contributed by atoms with van der Waals surface area (Å²) in [6.07, 6.45) is 8.64. The van der Waals surface area contributed by atoms with E-state index in [4.69, 9.17) is 0 Å². The summed E-state index contributed by atoms with van der Waals surface area (Å²) in [6, 6.07) is 0. The molecule has 4 rings (SSSR count). The summed E-state index contributed by atoms with van der Waals surface area (Å²) in [7, 11) is 0. The second-order valence-electron chi connectivity index (χ2n) is 6.98. The van der Waals surface area contributed by atoms with E-state index in [1.54, 1.807) is 0 Å². The minimum Gasteiger partial charge on any atom is -0.0852 e. The molecule has 2 unspecified atom stereocenters. The molecule has 4 aliphatic rings. The zero-order valence-electron chi connectivity index (χ0n) is 9.00. The lowest BCUT2D eigenvalue weighted by atomic mass is 9.45. The standard InChI is InChI=1S/C12H18BrI/c1-9-3-10(2)5-11(13,4-9)8-12(14,6-9)7-10/h3-8H2,1-2H3/t9-,10+,11?,12?. The molecule has 4 saturated carbocycles. The van der Waals surface area contributed by atoms with Crippen molar-refractivity contribution in [3.63, 3.8) is 0 Å². The first-order valence-corrected chi connectivity index (χ1v) is 7.49. The van der Waals surface area contributed by atoms with Crippen LogP contribution < -0.4 is 0 Å². The van der Waals surface area contributed by atoms with Crippen molar-refractivity contribution in [3.8, 4) is 0 Å². The fourth-order valence-corrected chi connectivity index (χ4v) is 10.4. The summed E-state index contributed by atoms with van der Waals surface area (Å²) < 4.78 is 1.10. The lowest BCUT2D eigenvalue weighted by Gasteiger charge is -2.66. The van der Waals surface area contributed by atoms with Gasteiger partial charge < -0.3 is 0 Å². The van der Waals surface area contributed by atoms with Crippen LogP contribution in [0.1, 0.15) is 52.4 Å². The van der Waals surface area contributed by atoms with E-state index in [1.807, 2.05) is 0 Å². The van der Waals surface area contributed by atoms with Gasteiger partial charge in [0.05, 0.1) is 0 Å². The monoisotopic (exact) mass is 368 g/mol. The molecule has 4 bridgehead atoms. The molecule has 0 radical (unpaired) electrons. The molecule has 0 spiro atoms. The van der Waals surface area contributed by atoms with Gasteiger partial charge in [-0.25, -0.2) is 0 Å². The highest BCUT2D eigenvalue weighted by molar-refractivity contribution is 14.1. The molecule has 4 fully saturated rings. The van der Waals surface area contributed by atoms with Gasteiger partial charge in [-0.2, -0.15) is 0 Å². The van der Waals surface area contributed by atoms with Gasteiger partial charge in [0.1, 0.15) is 0 Å². The predicted octanol–water partition coefficient (Wildman–Crippen LogP) is 4.69. The molecule has 0 aromatic carbocycles. The summed E-state index contributed by atoms with van der Waals surface area (Å²) in [4.78, 5) is 0. The number of hydrogen-bond acceptors (Lipinski definition) is 0. The first kappa shape index (κ1) is 10.4. The fraction of sp³-hybridized carbons (Fsp3) is 1.00. The first-order chi connectivity index (χ1) is 6.24. The molecular weight excluding hydrogens is 351 g/mol. The second kappa shape index (κ2) is 2.55. The van der Waals surface area contributed by atoms with Crippen LogP contribution >= 0.6 is 38.5 Å². The van der Waals surface area contributed by atoms with Crippen LogP contribution in [0.15, 0.2) is 0 Å². The third-order valence-corrected chi connectivity index (χ3v) is 6.45. The van der Waals surface area contributed by atoms with Gasteiger partial charge in [-0.15, -0.1) is 0 Å². The number of halogens is 2. The molecule has 0 saturated heterocycles. The number of hydrogen-bond donors (Lipinski definition) is 0. The van der Waals surface area contributed by atoms with Crippen LogP contribution in [0, 0.1) is 10.8 Å². The Labute approximate surface area is 109 Å². The van der Waals surface area contributed by atoms with Crippen LogP contribution in [-0.2, 0) is 0 Å². The molecule has 0 aromatic heterocycles. The van der Waals surface area contributed by atoms with Crippen molar-refractivity contribution in [2.45, 2.75) is 60.1 Å². The molecule has 14 heavy (non-hydrogen) atoms. The summed E-state index contributed by atoms with van der Waals surface area (Å²) in [5.41, 5.74) is 1.27. The highest BCUT2D eigenvalue weighted by atomic mass is 127. The third kappa shape index (κ3) is 1.42. The Morgan fingerprint density at radius 3 is 1.71 bits per heavy atom. The van der Waals surface area contributed by atoms with E-state index in [9.17, 15) is 0 Å². The first-order valence-electron chi connectivity index (χ1n) is 5.62. The van der Waals surface area contributed by atoms with Crippen LogP contribution in [0.3, 0.4) is 0 Å². The second-order valence-corrected chi connectivity index (χ2v) is 11.0. The van der Waals surface area contributed by atoms with E-state index in [1.165, 1.54) is 38.5 Å². The maximum atomic E-state index is 4.06. The van der Waals surface area contributed by atoms with E-state index in [0.717, 1.165) is 0 Å². The molecule has 4 aliphatic carbocycles. The van der Waals surface area contributed by atoms with Crippen molar-refractivity contribution in [2.24, 2.45) is 10.8 Å². The molecule has 0 N–H and O–H groups in total. The van der Waals surface area contributed by atoms with Gasteiger partial charge in [-0.1, -0.05) is 52.4 Å². The Kier molecular flexibility index (Phi) is 1.89.